The molecule has 4 nitrogen and oxygen atoms in total. The molecule has 0 amide bonds. The van der Waals surface area contributed by atoms with Gasteiger partial charge in [0.05, 0.1) is 4.47 Å². The topological polar surface area (TPSA) is 41.0 Å². The van der Waals surface area contributed by atoms with E-state index in [0.29, 0.717) is 23.4 Å². The number of hydrogen-bond acceptors (Lipinski definition) is 4. The molecule has 2 saturated heterocycles. The van der Waals surface area contributed by atoms with Gasteiger partial charge in [0, 0.05) is 24.3 Å². The third-order valence-corrected chi connectivity index (χ3v) is 5.16. The van der Waals surface area contributed by atoms with Gasteiger partial charge in [0.1, 0.15) is 5.82 Å². The quantitative estimate of drug-likeness (QED) is 0.835. The Morgan fingerprint density at radius 2 is 2.05 bits per heavy atom. The lowest BCUT2D eigenvalue weighted by Gasteiger charge is -2.47. The second-order valence-corrected chi connectivity index (χ2v) is 6.74. The first-order chi connectivity index (χ1) is 9.13. The molecule has 2 bridgehead atoms. The zero-order valence-corrected chi connectivity index (χ0v) is 13.3. The third kappa shape index (κ3) is 2.88. The van der Waals surface area contributed by atoms with E-state index in [-0.39, 0.29) is 0 Å². The summed E-state index contributed by atoms with van der Waals surface area (Å²) in [6, 6.07) is 1.90. The van der Waals surface area contributed by atoms with E-state index in [1.807, 2.05) is 0 Å². The number of piperidine rings is 2. The maximum atomic E-state index is 5.86. The first-order valence-corrected chi connectivity index (χ1v) is 7.97. The number of anilines is 1. The van der Waals surface area contributed by atoms with Crippen LogP contribution in [0.1, 0.15) is 32.1 Å². The van der Waals surface area contributed by atoms with Crippen LogP contribution in [0.4, 0.5) is 5.82 Å². The third-order valence-electron chi connectivity index (χ3n) is 4.40. The molecule has 3 heterocycles. The molecule has 0 aliphatic carbocycles. The highest BCUT2D eigenvalue weighted by Crippen LogP contribution is 2.34. The Balaban J connectivity index is 1.72. The summed E-state index contributed by atoms with van der Waals surface area (Å²) in [5.74, 6) is 0.813. The van der Waals surface area contributed by atoms with Crippen LogP contribution in [0.25, 0.3) is 0 Å². The van der Waals surface area contributed by atoms with Crippen molar-refractivity contribution in [2.45, 2.75) is 50.2 Å². The summed E-state index contributed by atoms with van der Waals surface area (Å²) in [6.07, 6.45) is 8.07. The van der Waals surface area contributed by atoms with Crippen molar-refractivity contribution >= 4 is 33.3 Å². The molecule has 0 aromatic carbocycles. The Kier molecular flexibility index (Phi) is 3.96. The summed E-state index contributed by atoms with van der Waals surface area (Å²) in [6.45, 7) is 0. The number of nitrogens with one attached hydrogen (secondary N) is 1. The molecule has 3 rings (SSSR count). The largest absolute Gasteiger partial charge is 0.366 e. The number of hydrogen-bond donors (Lipinski definition) is 1. The van der Waals surface area contributed by atoms with E-state index in [9.17, 15) is 0 Å². The smallest absolute Gasteiger partial charge is 0.224 e. The molecule has 104 valence electrons. The van der Waals surface area contributed by atoms with Crippen LogP contribution >= 0.6 is 27.5 Å². The van der Waals surface area contributed by atoms with Gasteiger partial charge in [-0.15, -0.1) is 0 Å². The van der Waals surface area contributed by atoms with Crippen LogP contribution < -0.4 is 5.32 Å². The maximum absolute atomic E-state index is 5.86. The van der Waals surface area contributed by atoms with Crippen molar-refractivity contribution in [3.63, 3.8) is 0 Å². The SMILES string of the molecule is CN1C2CCCC1CC(Nc1nc(Cl)ncc1Br)C2. The number of aromatic nitrogens is 2. The molecule has 2 fully saturated rings. The maximum Gasteiger partial charge on any atom is 0.224 e. The minimum Gasteiger partial charge on any atom is -0.366 e. The van der Waals surface area contributed by atoms with Crippen LogP contribution in [0.3, 0.4) is 0 Å². The van der Waals surface area contributed by atoms with E-state index < -0.39 is 0 Å². The van der Waals surface area contributed by atoms with Gasteiger partial charge in [-0.3, -0.25) is 0 Å². The highest BCUT2D eigenvalue weighted by molar-refractivity contribution is 9.10. The number of halogens is 2. The zero-order chi connectivity index (χ0) is 13.4. The van der Waals surface area contributed by atoms with E-state index >= 15 is 0 Å². The Bertz CT molecular complexity index is 456. The Morgan fingerprint density at radius 3 is 2.74 bits per heavy atom. The monoisotopic (exact) mass is 344 g/mol. The summed E-state index contributed by atoms with van der Waals surface area (Å²) in [5, 5.41) is 3.82. The van der Waals surface area contributed by atoms with Gasteiger partial charge in [0.15, 0.2) is 0 Å². The van der Waals surface area contributed by atoms with Crippen molar-refractivity contribution in [1.82, 2.24) is 14.9 Å². The van der Waals surface area contributed by atoms with Crippen LogP contribution in [0, 0.1) is 0 Å². The van der Waals surface area contributed by atoms with Gasteiger partial charge < -0.3 is 10.2 Å². The summed E-state index contributed by atoms with van der Waals surface area (Å²) < 4.78 is 0.876. The average Bonchev–Trinajstić information content (AvgIpc) is 2.35. The van der Waals surface area contributed by atoms with Gasteiger partial charge >= 0.3 is 0 Å². The van der Waals surface area contributed by atoms with Crippen molar-refractivity contribution < 1.29 is 0 Å². The van der Waals surface area contributed by atoms with E-state index in [0.717, 1.165) is 10.3 Å². The molecular weight excluding hydrogens is 328 g/mol. The fourth-order valence-electron chi connectivity index (χ4n) is 3.37. The lowest BCUT2D eigenvalue weighted by Crippen LogP contribution is -2.52. The van der Waals surface area contributed by atoms with Crippen LogP contribution in [0.2, 0.25) is 5.28 Å². The van der Waals surface area contributed by atoms with Gasteiger partial charge in [-0.1, -0.05) is 6.42 Å². The predicted molar refractivity (Wildman–Crippen MR) is 80.6 cm³/mol. The highest BCUT2D eigenvalue weighted by atomic mass is 79.9. The summed E-state index contributed by atoms with van der Waals surface area (Å²) in [5.41, 5.74) is 0. The van der Waals surface area contributed by atoms with Crippen molar-refractivity contribution in [1.29, 1.82) is 0 Å². The van der Waals surface area contributed by atoms with E-state index in [1.54, 1.807) is 6.20 Å². The van der Waals surface area contributed by atoms with Crippen LogP contribution in [0.5, 0.6) is 0 Å². The molecule has 6 heteroatoms. The lowest BCUT2D eigenvalue weighted by molar-refractivity contribution is 0.0608. The summed E-state index contributed by atoms with van der Waals surface area (Å²) >= 11 is 9.34. The van der Waals surface area contributed by atoms with Crippen LogP contribution in [-0.4, -0.2) is 40.0 Å². The number of nitrogens with zero attached hydrogens (tertiary/aromatic N) is 3. The molecule has 0 saturated carbocycles. The first-order valence-electron chi connectivity index (χ1n) is 6.80. The molecule has 1 N–H and O–H groups in total. The van der Waals surface area contributed by atoms with Crippen molar-refractivity contribution in [3.8, 4) is 0 Å². The van der Waals surface area contributed by atoms with Crippen molar-refractivity contribution in [2.75, 3.05) is 12.4 Å². The second kappa shape index (κ2) is 5.54. The van der Waals surface area contributed by atoms with Crippen LogP contribution in [-0.2, 0) is 0 Å². The Hall–Kier alpha value is -0.390. The summed E-state index contributed by atoms with van der Waals surface area (Å²) in [4.78, 5) is 10.8. The first kappa shape index (κ1) is 13.6. The molecule has 0 spiro atoms. The van der Waals surface area contributed by atoms with E-state index in [1.165, 1.54) is 32.1 Å². The minimum absolute atomic E-state index is 0.291. The number of rotatable bonds is 2. The van der Waals surface area contributed by atoms with Crippen LogP contribution in [0.15, 0.2) is 10.7 Å². The molecule has 1 aromatic heterocycles. The van der Waals surface area contributed by atoms with Gasteiger partial charge in [-0.05, 0) is 60.3 Å². The molecule has 1 aromatic rings. The minimum atomic E-state index is 0.291. The van der Waals surface area contributed by atoms with Crippen molar-refractivity contribution in [2.24, 2.45) is 0 Å². The highest BCUT2D eigenvalue weighted by Gasteiger charge is 2.36. The zero-order valence-electron chi connectivity index (χ0n) is 10.9. The standard InChI is InChI=1S/C13H18BrClN4/c1-19-9-3-2-4-10(19)6-8(5-9)17-12-11(14)7-16-13(15)18-12/h7-10H,2-6H2,1H3,(H,16,17,18). The molecule has 2 atom stereocenters. The van der Waals surface area contributed by atoms with Gasteiger partial charge in [-0.25, -0.2) is 4.98 Å². The fraction of sp³-hybridized carbons (Fsp3) is 0.692. The molecule has 0 radical (unpaired) electrons. The normalized spacial score (nSPS) is 31.2. The molecule has 19 heavy (non-hydrogen) atoms. The Morgan fingerprint density at radius 1 is 1.37 bits per heavy atom. The van der Waals surface area contributed by atoms with E-state index in [2.05, 4.69) is 43.2 Å². The van der Waals surface area contributed by atoms with Crippen molar-refractivity contribution in [3.05, 3.63) is 16.0 Å². The lowest BCUT2D eigenvalue weighted by atomic mass is 9.82. The molecular formula is C13H18BrClN4. The average molecular weight is 346 g/mol. The van der Waals surface area contributed by atoms with E-state index in [4.69, 9.17) is 11.6 Å². The predicted octanol–water partition coefficient (Wildman–Crippen LogP) is 3.32. The Labute approximate surface area is 127 Å². The van der Waals surface area contributed by atoms with Gasteiger partial charge in [-0.2, -0.15) is 4.98 Å². The molecule has 2 aliphatic heterocycles. The van der Waals surface area contributed by atoms with Gasteiger partial charge in [0.25, 0.3) is 0 Å². The number of fused-ring (bicyclic) bond motifs is 2. The fourth-order valence-corrected chi connectivity index (χ4v) is 3.81. The molecule has 2 unspecified atom stereocenters. The molecule has 2 aliphatic rings. The summed E-state index contributed by atoms with van der Waals surface area (Å²) in [7, 11) is 2.27. The second-order valence-electron chi connectivity index (χ2n) is 5.55. The van der Waals surface area contributed by atoms with Gasteiger partial charge in [0.2, 0.25) is 5.28 Å².